The van der Waals surface area contributed by atoms with Crippen LogP contribution in [0.25, 0.3) is 0 Å². The van der Waals surface area contributed by atoms with E-state index in [9.17, 15) is 0 Å². The molecule has 0 aromatic rings. The second-order valence-electron chi connectivity index (χ2n) is 4.18. The van der Waals surface area contributed by atoms with Crippen LogP contribution in [0, 0.1) is 5.92 Å². The molecule has 0 amide bonds. The van der Waals surface area contributed by atoms with E-state index in [1.807, 2.05) is 6.08 Å². The molecule has 0 heterocycles. The molecule has 0 aromatic heterocycles. The Bertz CT molecular complexity index is 248. The molecule has 0 spiro atoms. The van der Waals surface area contributed by atoms with Crippen molar-refractivity contribution < 1.29 is 0 Å². The van der Waals surface area contributed by atoms with Crippen molar-refractivity contribution >= 4 is 0 Å². The zero-order valence-electron chi connectivity index (χ0n) is 9.13. The fourth-order valence-corrected chi connectivity index (χ4v) is 2.03. The maximum absolute atomic E-state index is 5.81. The van der Waals surface area contributed by atoms with E-state index < -0.39 is 0 Å². The standard InChI is InChI=1S/C13H21N/c1-3-5-13(14)9-8-12-7-4-6-11(2)10-12/h3,5,10,12H,1,4,6-9,14H2,2H3/b13-5+. The van der Waals surface area contributed by atoms with Crippen LogP contribution in [0.2, 0.25) is 0 Å². The van der Waals surface area contributed by atoms with Gasteiger partial charge in [0.1, 0.15) is 0 Å². The van der Waals surface area contributed by atoms with Crippen LogP contribution in [0.15, 0.2) is 36.1 Å². The molecule has 0 bridgehead atoms. The lowest BCUT2D eigenvalue weighted by Crippen LogP contribution is -2.06. The van der Waals surface area contributed by atoms with Crippen molar-refractivity contribution in [3.8, 4) is 0 Å². The predicted molar refractivity (Wildman–Crippen MR) is 62.8 cm³/mol. The van der Waals surface area contributed by atoms with Crippen LogP contribution in [0.4, 0.5) is 0 Å². The lowest BCUT2D eigenvalue weighted by atomic mass is 9.88. The number of allylic oxidation sites excluding steroid dienone is 5. The Balaban J connectivity index is 2.34. The Morgan fingerprint density at radius 2 is 2.50 bits per heavy atom. The molecule has 78 valence electrons. The summed E-state index contributed by atoms with van der Waals surface area (Å²) in [6.07, 6.45) is 12.2. The molecule has 1 unspecified atom stereocenters. The van der Waals surface area contributed by atoms with Crippen molar-refractivity contribution in [2.45, 2.75) is 39.0 Å². The third kappa shape index (κ3) is 3.82. The first-order valence-corrected chi connectivity index (χ1v) is 5.46. The van der Waals surface area contributed by atoms with Gasteiger partial charge >= 0.3 is 0 Å². The summed E-state index contributed by atoms with van der Waals surface area (Å²) in [4.78, 5) is 0. The van der Waals surface area contributed by atoms with E-state index in [2.05, 4.69) is 19.6 Å². The van der Waals surface area contributed by atoms with Crippen LogP contribution in [0.5, 0.6) is 0 Å². The minimum absolute atomic E-state index is 0.750. The van der Waals surface area contributed by atoms with Gasteiger partial charge in [-0.3, -0.25) is 0 Å². The average molecular weight is 191 g/mol. The van der Waals surface area contributed by atoms with E-state index in [1.54, 1.807) is 11.6 Å². The quantitative estimate of drug-likeness (QED) is 0.534. The highest BCUT2D eigenvalue weighted by Gasteiger charge is 2.10. The Morgan fingerprint density at radius 3 is 3.14 bits per heavy atom. The molecule has 0 aliphatic heterocycles. The number of hydrogen-bond donors (Lipinski definition) is 1. The van der Waals surface area contributed by atoms with Gasteiger partial charge in [0.25, 0.3) is 0 Å². The lowest BCUT2D eigenvalue weighted by Gasteiger charge is -2.19. The highest BCUT2D eigenvalue weighted by atomic mass is 14.6. The van der Waals surface area contributed by atoms with Gasteiger partial charge in [0, 0.05) is 5.70 Å². The molecule has 14 heavy (non-hydrogen) atoms. The van der Waals surface area contributed by atoms with Gasteiger partial charge < -0.3 is 5.73 Å². The molecule has 1 heteroatoms. The number of rotatable bonds is 4. The maximum Gasteiger partial charge on any atom is 0.00804 e. The van der Waals surface area contributed by atoms with E-state index in [1.165, 1.54) is 25.7 Å². The van der Waals surface area contributed by atoms with Gasteiger partial charge in [0.15, 0.2) is 0 Å². The SMILES string of the molecule is C=C/C=C(/N)CCC1C=C(C)CCC1. The summed E-state index contributed by atoms with van der Waals surface area (Å²) < 4.78 is 0. The van der Waals surface area contributed by atoms with Crippen molar-refractivity contribution in [2.24, 2.45) is 11.7 Å². The van der Waals surface area contributed by atoms with Gasteiger partial charge in [-0.05, 0) is 51.0 Å². The highest BCUT2D eigenvalue weighted by molar-refractivity contribution is 5.09. The summed E-state index contributed by atoms with van der Waals surface area (Å²) in [5, 5.41) is 0. The normalized spacial score (nSPS) is 23.1. The maximum atomic E-state index is 5.81. The second kappa shape index (κ2) is 5.69. The van der Waals surface area contributed by atoms with E-state index in [-0.39, 0.29) is 0 Å². The van der Waals surface area contributed by atoms with Crippen molar-refractivity contribution in [3.63, 3.8) is 0 Å². The average Bonchev–Trinajstić information content (AvgIpc) is 2.15. The summed E-state index contributed by atoms with van der Waals surface area (Å²) in [5.41, 5.74) is 8.31. The molecule has 0 saturated heterocycles. The lowest BCUT2D eigenvalue weighted by molar-refractivity contribution is 0.493. The Morgan fingerprint density at radius 1 is 1.71 bits per heavy atom. The van der Waals surface area contributed by atoms with Crippen LogP contribution in [0.3, 0.4) is 0 Å². The monoisotopic (exact) mass is 191 g/mol. The van der Waals surface area contributed by atoms with Crippen molar-refractivity contribution in [1.82, 2.24) is 0 Å². The Hall–Kier alpha value is -0.980. The smallest absolute Gasteiger partial charge is 0.00804 e. The third-order valence-electron chi connectivity index (χ3n) is 2.80. The van der Waals surface area contributed by atoms with Crippen LogP contribution in [-0.2, 0) is 0 Å². The van der Waals surface area contributed by atoms with Crippen molar-refractivity contribution in [1.29, 1.82) is 0 Å². The van der Waals surface area contributed by atoms with Gasteiger partial charge in [-0.1, -0.05) is 24.3 Å². The highest BCUT2D eigenvalue weighted by Crippen LogP contribution is 2.26. The van der Waals surface area contributed by atoms with Crippen LogP contribution < -0.4 is 5.73 Å². The first-order chi connectivity index (χ1) is 6.72. The molecule has 2 N–H and O–H groups in total. The molecule has 1 aliphatic carbocycles. The number of hydrogen-bond acceptors (Lipinski definition) is 1. The van der Waals surface area contributed by atoms with Crippen molar-refractivity contribution in [3.05, 3.63) is 36.1 Å². The molecule has 1 aliphatic rings. The summed E-state index contributed by atoms with van der Waals surface area (Å²) in [6, 6.07) is 0. The summed E-state index contributed by atoms with van der Waals surface area (Å²) >= 11 is 0. The van der Waals surface area contributed by atoms with Gasteiger partial charge in [0.05, 0.1) is 0 Å². The number of nitrogens with two attached hydrogens (primary N) is 1. The first-order valence-electron chi connectivity index (χ1n) is 5.46. The zero-order chi connectivity index (χ0) is 10.4. The molecular weight excluding hydrogens is 170 g/mol. The molecule has 1 nitrogen and oxygen atoms in total. The van der Waals surface area contributed by atoms with E-state index in [0.717, 1.165) is 18.0 Å². The largest absolute Gasteiger partial charge is 0.402 e. The van der Waals surface area contributed by atoms with Gasteiger partial charge in [-0.2, -0.15) is 0 Å². The molecule has 1 atom stereocenters. The fourth-order valence-electron chi connectivity index (χ4n) is 2.03. The Kier molecular flexibility index (Phi) is 4.51. The predicted octanol–water partition coefficient (Wildman–Crippen LogP) is 3.54. The minimum atomic E-state index is 0.750. The molecular formula is C13H21N. The van der Waals surface area contributed by atoms with E-state index in [0.29, 0.717) is 0 Å². The molecule has 0 fully saturated rings. The Labute approximate surface area is 87.4 Å². The fraction of sp³-hybridized carbons (Fsp3) is 0.538. The third-order valence-corrected chi connectivity index (χ3v) is 2.80. The summed E-state index contributed by atoms with van der Waals surface area (Å²) in [5.74, 6) is 0.750. The van der Waals surface area contributed by atoms with Crippen LogP contribution in [-0.4, -0.2) is 0 Å². The van der Waals surface area contributed by atoms with E-state index in [4.69, 9.17) is 5.73 Å². The topological polar surface area (TPSA) is 26.0 Å². The van der Waals surface area contributed by atoms with Crippen molar-refractivity contribution in [2.75, 3.05) is 0 Å². The van der Waals surface area contributed by atoms with Gasteiger partial charge in [-0.15, -0.1) is 0 Å². The van der Waals surface area contributed by atoms with Crippen LogP contribution in [0.1, 0.15) is 39.0 Å². The van der Waals surface area contributed by atoms with Gasteiger partial charge in [0.2, 0.25) is 0 Å². The van der Waals surface area contributed by atoms with E-state index >= 15 is 0 Å². The molecule has 0 saturated carbocycles. The van der Waals surface area contributed by atoms with Gasteiger partial charge in [-0.25, -0.2) is 0 Å². The molecule has 0 radical (unpaired) electrons. The minimum Gasteiger partial charge on any atom is -0.402 e. The first kappa shape index (κ1) is 11.1. The molecule has 0 aromatic carbocycles. The molecule has 1 rings (SSSR count). The second-order valence-corrected chi connectivity index (χ2v) is 4.18. The summed E-state index contributed by atoms with van der Waals surface area (Å²) in [7, 11) is 0. The zero-order valence-corrected chi connectivity index (χ0v) is 9.13. The van der Waals surface area contributed by atoms with Crippen LogP contribution >= 0.6 is 0 Å². The summed E-state index contributed by atoms with van der Waals surface area (Å²) in [6.45, 7) is 5.87.